The molecule has 2 fully saturated rings. The van der Waals surface area contributed by atoms with Gasteiger partial charge in [-0.3, -0.25) is 19.2 Å². The van der Waals surface area contributed by atoms with E-state index < -0.39 is 0 Å². The quantitative estimate of drug-likeness (QED) is 0.288. The van der Waals surface area contributed by atoms with Crippen LogP contribution in [-0.2, 0) is 19.2 Å². The summed E-state index contributed by atoms with van der Waals surface area (Å²) in [5.74, 6) is -1.26. The van der Waals surface area contributed by atoms with Crippen LogP contribution in [0.25, 0.3) is 0 Å². The van der Waals surface area contributed by atoms with Crippen LogP contribution < -0.4 is 26.6 Å². The van der Waals surface area contributed by atoms with Crippen molar-refractivity contribution in [2.45, 2.75) is 48.0 Å². The number of amides is 4. The van der Waals surface area contributed by atoms with E-state index in [4.69, 9.17) is 0 Å². The molecule has 3 aliphatic heterocycles. The van der Waals surface area contributed by atoms with Crippen LogP contribution in [0, 0.1) is 0 Å². The lowest BCUT2D eigenvalue weighted by molar-refractivity contribution is -0.123. The zero-order chi connectivity index (χ0) is 26.1. The minimum atomic E-state index is -0.359. The fourth-order valence-corrected chi connectivity index (χ4v) is 3.39. The Bertz CT molecular complexity index is 1040. The van der Waals surface area contributed by atoms with Crippen molar-refractivity contribution in [1.82, 2.24) is 16.0 Å². The first kappa shape index (κ1) is 27.4. The van der Waals surface area contributed by atoms with E-state index in [0.29, 0.717) is 30.0 Å². The second-order valence-corrected chi connectivity index (χ2v) is 8.87. The number of carbonyl (C=O) groups excluding carboxylic acids is 4. The molecule has 4 amide bonds. The number of anilines is 2. The van der Waals surface area contributed by atoms with Gasteiger partial charge < -0.3 is 26.6 Å². The number of hydrogen-bond acceptors (Lipinski definition) is 5. The third-order valence-electron chi connectivity index (χ3n) is 5.34. The molecule has 1 aromatic carbocycles. The zero-order valence-electron chi connectivity index (χ0n) is 21.3. The molecule has 3 aliphatic rings. The van der Waals surface area contributed by atoms with Gasteiger partial charge in [0, 0.05) is 31.8 Å². The minimum absolute atomic E-state index is 0.177. The van der Waals surface area contributed by atoms with Crippen molar-refractivity contribution in [3.63, 3.8) is 0 Å². The highest BCUT2D eigenvalue weighted by Crippen LogP contribution is 2.25. The van der Waals surface area contributed by atoms with Gasteiger partial charge >= 0.3 is 0 Å². The average molecular weight is 482 g/mol. The van der Waals surface area contributed by atoms with Gasteiger partial charge in [0.25, 0.3) is 23.6 Å². The smallest absolute Gasteiger partial charge is 0.261 e. The number of carbonyl (C=O) groups is 4. The Hall–Kier alpha value is -3.88. The molecule has 3 heterocycles. The fourth-order valence-electron chi connectivity index (χ4n) is 3.39. The molecule has 0 spiro atoms. The van der Waals surface area contributed by atoms with Crippen LogP contribution in [0.4, 0.5) is 11.4 Å². The number of rotatable bonds is 0. The lowest BCUT2D eigenvalue weighted by Gasteiger charge is -2.21. The van der Waals surface area contributed by atoms with Crippen molar-refractivity contribution < 1.29 is 19.2 Å². The van der Waals surface area contributed by atoms with Crippen molar-refractivity contribution in [3.8, 4) is 0 Å². The Morgan fingerprint density at radius 3 is 1.26 bits per heavy atom. The Balaban J connectivity index is 0.000000200. The van der Waals surface area contributed by atoms with Gasteiger partial charge in [0.2, 0.25) is 0 Å². The third kappa shape index (κ3) is 7.56. The van der Waals surface area contributed by atoms with Gasteiger partial charge in [-0.2, -0.15) is 0 Å². The molecular weight excluding hydrogens is 446 g/mol. The number of allylic oxidation sites excluding steroid dienone is 3. The van der Waals surface area contributed by atoms with E-state index >= 15 is 0 Å². The monoisotopic (exact) mass is 481 g/mol. The predicted molar refractivity (Wildman–Crippen MR) is 137 cm³/mol. The summed E-state index contributed by atoms with van der Waals surface area (Å²) in [6, 6.07) is 7.11. The number of para-hydroxylation sites is 2. The highest BCUT2D eigenvalue weighted by molar-refractivity contribution is 6.29. The molecule has 0 aromatic heterocycles. The Labute approximate surface area is 206 Å². The fraction of sp³-hybridized carbons (Fsp3) is 0.385. The van der Waals surface area contributed by atoms with E-state index in [1.54, 1.807) is 52.0 Å². The highest BCUT2D eigenvalue weighted by Gasteiger charge is 2.25. The van der Waals surface area contributed by atoms with Crippen molar-refractivity contribution in [3.05, 3.63) is 57.8 Å². The van der Waals surface area contributed by atoms with Gasteiger partial charge in [-0.25, -0.2) is 0 Å². The molecule has 0 atom stereocenters. The van der Waals surface area contributed by atoms with Crippen LogP contribution in [0.1, 0.15) is 48.0 Å². The van der Waals surface area contributed by atoms with Crippen molar-refractivity contribution in [2.75, 3.05) is 30.3 Å². The number of fused-ring (bicyclic) bond motifs is 1. The van der Waals surface area contributed by atoms with Crippen molar-refractivity contribution in [1.29, 1.82) is 0 Å². The minimum Gasteiger partial charge on any atom is -0.388 e. The normalized spacial score (nSPS) is 16.5. The van der Waals surface area contributed by atoms with E-state index in [9.17, 15) is 19.2 Å². The summed E-state index contributed by atoms with van der Waals surface area (Å²) in [5.41, 5.74) is 5.99. The van der Waals surface area contributed by atoms with Crippen LogP contribution in [0.2, 0.25) is 0 Å². The molecule has 5 N–H and O–H groups in total. The molecule has 188 valence electrons. The lowest BCUT2D eigenvalue weighted by atomic mass is 10.1. The maximum Gasteiger partial charge on any atom is 0.261 e. The van der Waals surface area contributed by atoms with Gasteiger partial charge in [-0.15, -0.1) is 0 Å². The maximum absolute atomic E-state index is 11.8. The summed E-state index contributed by atoms with van der Waals surface area (Å²) in [7, 11) is 0. The van der Waals surface area contributed by atoms with Gasteiger partial charge in [0.1, 0.15) is 11.1 Å². The molecule has 4 rings (SSSR count). The van der Waals surface area contributed by atoms with Crippen LogP contribution >= 0.6 is 0 Å². The van der Waals surface area contributed by atoms with Gasteiger partial charge in [0.05, 0.1) is 11.4 Å². The van der Waals surface area contributed by atoms with E-state index in [-0.39, 0.29) is 34.8 Å². The average Bonchev–Trinajstić information content (AvgIpc) is 2.96. The molecule has 0 radical (unpaired) electrons. The largest absolute Gasteiger partial charge is 0.388 e. The molecule has 35 heavy (non-hydrogen) atoms. The van der Waals surface area contributed by atoms with E-state index in [1.807, 2.05) is 0 Å². The molecule has 0 unspecified atom stereocenters. The molecule has 9 heteroatoms. The van der Waals surface area contributed by atoms with Gasteiger partial charge in [-0.05, 0) is 53.7 Å². The summed E-state index contributed by atoms with van der Waals surface area (Å²) in [5, 5.41) is 13.9. The summed E-state index contributed by atoms with van der Waals surface area (Å²) < 4.78 is 0. The van der Waals surface area contributed by atoms with Gasteiger partial charge in [-0.1, -0.05) is 28.9 Å². The molecule has 2 saturated heterocycles. The molecule has 0 bridgehead atoms. The lowest BCUT2D eigenvalue weighted by Crippen LogP contribution is -2.28. The first-order valence-corrected chi connectivity index (χ1v) is 11.6. The summed E-state index contributed by atoms with van der Waals surface area (Å²) in [6.07, 6.45) is 1.27. The molecule has 9 nitrogen and oxygen atoms in total. The van der Waals surface area contributed by atoms with Crippen LogP contribution in [0.3, 0.4) is 0 Å². The zero-order valence-corrected chi connectivity index (χ0v) is 21.3. The Morgan fingerprint density at radius 2 is 0.971 bits per heavy atom. The molecule has 0 aliphatic carbocycles. The molecule has 0 saturated carbocycles. The first-order valence-electron chi connectivity index (χ1n) is 11.6. The Kier molecular flexibility index (Phi) is 9.81. The Morgan fingerprint density at radius 1 is 0.571 bits per heavy atom. The van der Waals surface area contributed by atoms with Crippen LogP contribution in [0.15, 0.2) is 57.8 Å². The number of benzene rings is 1. The van der Waals surface area contributed by atoms with Crippen molar-refractivity contribution >= 4 is 35.0 Å². The molecule has 1 aromatic rings. The number of hydrogen-bond donors (Lipinski definition) is 5. The van der Waals surface area contributed by atoms with E-state index in [0.717, 1.165) is 5.57 Å². The summed E-state index contributed by atoms with van der Waals surface area (Å²) in [4.78, 5) is 46.1. The van der Waals surface area contributed by atoms with E-state index in [1.165, 1.54) is 24.2 Å². The summed E-state index contributed by atoms with van der Waals surface area (Å²) in [6.45, 7) is 13.4. The summed E-state index contributed by atoms with van der Waals surface area (Å²) >= 11 is 0. The van der Waals surface area contributed by atoms with E-state index in [2.05, 4.69) is 40.4 Å². The highest BCUT2D eigenvalue weighted by atomic mass is 16.2. The SMILES string of the molecule is CC(C)=C1C(=O)NCCNC1=O.CC(C)=C1C(=O)Nc2ccccc2NC1=O.CC(C)=C1CCN1. The number of nitrogens with one attached hydrogen (secondary N) is 5. The second kappa shape index (κ2) is 12.5. The van der Waals surface area contributed by atoms with Crippen LogP contribution in [-0.4, -0.2) is 43.3 Å². The standard InChI is InChI=1S/C12H12N2O2.C8H12N2O2.C6H11N/c1-7(2)10-11(15)13-8-5-3-4-6-9(8)14-12(10)16;1-5(2)6-7(11)9-3-4-10-8(6)12;1-5(2)6-3-4-7-6/h3-6H,1-2H3,(H,13,15)(H,14,16);3-4H2,1-2H3,(H,9,11)(H,10,12);7H,3-4H2,1-2H3. The van der Waals surface area contributed by atoms with Crippen molar-refractivity contribution in [2.24, 2.45) is 0 Å². The third-order valence-corrected chi connectivity index (χ3v) is 5.34. The van der Waals surface area contributed by atoms with Crippen LogP contribution in [0.5, 0.6) is 0 Å². The first-order chi connectivity index (χ1) is 16.5. The van der Waals surface area contributed by atoms with Gasteiger partial charge in [0.15, 0.2) is 0 Å². The topological polar surface area (TPSA) is 128 Å². The molecular formula is C26H35N5O4. The predicted octanol–water partition coefficient (Wildman–Crippen LogP) is 2.76. The second-order valence-electron chi connectivity index (χ2n) is 8.87. The maximum atomic E-state index is 11.8.